The molecule has 0 bridgehead atoms. The third-order valence-electron chi connectivity index (χ3n) is 4.19. The molecule has 1 aromatic heterocycles. The lowest BCUT2D eigenvalue weighted by Crippen LogP contribution is -2.17. The number of hydrogen-bond acceptors (Lipinski definition) is 3. The summed E-state index contributed by atoms with van der Waals surface area (Å²) in [6.07, 6.45) is 0.163. The van der Waals surface area contributed by atoms with Crippen molar-refractivity contribution in [3.63, 3.8) is 0 Å². The number of aromatic nitrogens is 1. The summed E-state index contributed by atoms with van der Waals surface area (Å²) in [5.74, 6) is -0.326. The quantitative estimate of drug-likeness (QED) is 0.561. The molecule has 3 aromatic rings. The molecule has 4 nitrogen and oxygen atoms in total. The minimum absolute atomic E-state index is 0.0900. The molecule has 2 aromatic carbocycles. The van der Waals surface area contributed by atoms with Crippen LogP contribution in [0, 0.1) is 0 Å². The van der Waals surface area contributed by atoms with E-state index in [9.17, 15) is 18.0 Å². The van der Waals surface area contributed by atoms with Crippen LogP contribution in [0.1, 0.15) is 18.4 Å². The molecule has 0 fully saturated rings. The summed E-state index contributed by atoms with van der Waals surface area (Å²) in [7, 11) is 0. The number of hydrogen-bond donors (Lipinski definition) is 1. The van der Waals surface area contributed by atoms with Gasteiger partial charge in [0.25, 0.3) is 0 Å². The highest BCUT2D eigenvalue weighted by Crippen LogP contribution is 2.33. The van der Waals surface area contributed by atoms with Crippen molar-refractivity contribution in [2.45, 2.75) is 25.6 Å². The molecular formula is C22H19F3N2O2. The Morgan fingerprint density at radius 1 is 1.00 bits per heavy atom. The molecule has 150 valence electrons. The maximum Gasteiger partial charge on any atom is 0.573 e. The van der Waals surface area contributed by atoms with Crippen LogP contribution >= 0.6 is 0 Å². The predicted octanol–water partition coefficient (Wildman–Crippen LogP) is 5.61. The van der Waals surface area contributed by atoms with Gasteiger partial charge in [-0.15, -0.1) is 13.2 Å². The monoisotopic (exact) mass is 400 g/mol. The summed E-state index contributed by atoms with van der Waals surface area (Å²) in [5.41, 5.74) is 2.65. The summed E-state index contributed by atoms with van der Waals surface area (Å²) in [5, 5.41) is 2.78. The van der Waals surface area contributed by atoms with Crippen molar-refractivity contribution < 1.29 is 22.7 Å². The highest BCUT2D eigenvalue weighted by molar-refractivity contribution is 5.90. The van der Waals surface area contributed by atoms with Crippen molar-refractivity contribution in [1.29, 1.82) is 0 Å². The number of halogens is 3. The maximum absolute atomic E-state index is 12.6. The van der Waals surface area contributed by atoms with E-state index in [0.717, 1.165) is 5.56 Å². The van der Waals surface area contributed by atoms with Gasteiger partial charge in [0, 0.05) is 18.2 Å². The van der Waals surface area contributed by atoms with Gasteiger partial charge in [-0.25, -0.2) is 0 Å². The zero-order valence-corrected chi connectivity index (χ0v) is 15.4. The Labute approximate surface area is 166 Å². The van der Waals surface area contributed by atoms with Gasteiger partial charge in [0.15, 0.2) is 0 Å². The second-order valence-corrected chi connectivity index (χ2v) is 6.38. The molecule has 3 rings (SSSR count). The Bertz CT molecular complexity index is 942. The van der Waals surface area contributed by atoms with Crippen LogP contribution in [-0.2, 0) is 11.2 Å². The number of benzene rings is 2. The van der Waals surface area contributed by atoms with Gasteiger partial charge in [-0.3, -0.25) is 9.78 Å². The summed E-state index contributed by atoms with van der Waals surface area (Å²) >= 11 is 0. The molecule has 0 aliphatic rings. The fourth-order valence-electron chi connectivity index (χ4n) is 2.88. The first-order chi connectivity index (χ1) is 13.9. The van der Waals surface area contributed by atoms with Crippen LogP contribution < -0.4 is 10.1 Å². The van der Waals surface area contributed by atoms with Gasteiger partial charge in [0.2, 0.25) is 5.91 Å². The number of ether oxygens (including phenoxy) is 1. The van der Waals surface area contributed by atoms with Crippen molar-refractivity contribution in [1.82, 2.24) is 4.98 Å². The smallest absolute Gasteiger partial charge is 0.405 e. The van der Waals surface area contributed by atoms with Crippen LogP contribution in [0.15, 0.2) is 73.1 Å². The van der Waals surface area contributed by atoms with Gasteiger partial charge in [-0.05, 0) is 42.2 Å². The van der Waals surface area contributed by atoms with E-state index < -0.39 is 6.36 Å². The minimum Gasteiger partial charge on any atom is -0.405 e. The molecule has 7 heteroatoms. The summed E-state index contributed by atoms with van der Waals surface area (Å²) in [6.45, 7) is 0. The number of rotatable bonds is 7. The van der Waals surface area contributed by atoms with Crippen molar-refractivity contribution in [2.24, 2.45) is 0 Å². The van der Waals surface area contributed by atoms with Crippen LogP contribution in [-0.4, -0.2) is 17.3 Å². The van der Waals surface area contributed by atoms with Crippen molar-refractivity contribution in [3.8, 4) is 16.9 Å². The molecular weight excluding hydrogens is 381 g/mol. The van der Waals surface area contributed by atoms with E-state index in [1.54, 1.807) is 48.8 Å². The van der Waals surface area contributed by atoms with Crippen molar-refractivity contribution in [2.75, 3.05) is 5.32 Å². The third-order valence-corrected chi connectivity index (χ3v) is 4.19. The molecule has 0 atom stereocenters. The molecule has 0 saturated carbocycles. The van der Waals surface area contributed by atoms with E-state index in [2.05, 4.69) is 15.0 Å². The fourth-order valence-corrected chi connectivity index (χ4v) is 2.88. The lowest BCUT2D eigenvalue weighted by Gasteiger charge is -2.13. The van der Waals surface area contributed by atoms with Gasteiger partial charge in [-0.2, -0.15) is 0 Å². The van der Waals surface area contributed by atoms with Crippen LogP contribution in [0.5, 0.6) is 5.75 Å². The SMILES string of the molecule is O=C(CCCc1ccc(-c2ccccc2OC(F)(F)F)cc1)Nc1cccnc1. The van der Waals surface area contributed by atoms with Gasteiger partial charge >= 0.3 is 6.36 Å². The highest BCUT2D eigenvalue weighted by Gasteiger charge is 2.32. The van der Waals surface area contributed by atoms with Gasteiger partial charge in [-0.1, -0.05) is 42.5 Å². The number of nitrogens with zero attached hydrogens (tertiary/aromatic N) is 1. The van der Waals surface area contributed by atoms with Gasteiger partial charge < -0.3 is 10.1 Å². The van der Waals surface area contributed by atoms with Crippen molar-refractivity contribution >= 4 is 11.6 Å². The number of anilines is 1. The van der Waals surface area contributed by atoms with Crippen LogP contribution in [0.4, 0.5) is 18.9 Å². The second kappa shape index (κ2) is 9.23. The lowest BCUT2D eigenvalue weighted by atomic mass is 10.0. The molecule has 0 aliphatic heterocycles. The van der Waals surface area contributed by atoms with Crippen LogP contribution in [0.2, 0.25) is 0 Å². The van der Waals surface area contributed by atoms with E-state index >= 15 is 0 Å². The fraction of sp³-hybridized carbons (Fsp3) is 0.182. The molecule has 0 aliphatic carbocycles. The lowest BCUT2D eigenvalue weighted by molar-refractivity contribution is -0.274. The topological polar surface area (TPSA) is 51.2 Å². The molecule has 0 spiro atoms. The number of amides is 1. The summed E-state index contributed by atoms with van der Waals surface area (Å²) in [6, 6.07) is 16.7. The first-order valence-corrected chi connectivity index (χ1v) is 9.05. The Morgan fingerprint density at radius 3 is 2.45 bits per heavy atom. The number of alkyl halides is 3. The zero-order chi connectivity index (χ0) is 20.7. The molecule has 0 saturated heterocycles. The Kier molecular flexibility index (Phi) is 6.49. The van der Waals surface area contributed by atoms with Crippen LogP contribution in [0.25, 0.3) is 11.1 Å². The number of pyridine rings is 1. The molecule has 1 amide bonds. The largest absolute Gasteiger partial charge is 0.573 e. The van der Waals surface area contributed by atoms with E-state index in [-0.39, 0.29) is 11.7 Å². The molecule has 0 radical (unpaired) electrons. The average Bonchev–Trinajstić information content (AvgIpc) is 2.69. The number of carbonyl (C=O) groups excluding carboxylic acids is 1. The second-order valence-electron chi connectivity index (χ2n) is 6.38. The Balaban J connectivity index is 1.56. The normalized spacial score (nSPS) is 11.1. The highest BCUT2D eigenvalue weighted by atomic mass is 19.4. The summed E-state index contributed by atoms with van der Waals surface area (Å²) in [4.78, 5) is 15.9. The van der Waals surface area contributed by atoms with E-state index in [1.807, 2.05) is 12.1 Å². The average molecular weight is 400 g/mol. The molecule has 1 N–H and O–H groups in total. The maximum atomic E-state index is 12.6. The first-order valence-electron chi connectivity index (χ1n) is 9.05. The molecule has 1 heterocycles. The zero-order valence-electron chi connectivity index (χ0n) is 15.4. The summed E-state index contributed by atoms with van der Waals surface area (Å²) < 4.78 is 41.9. The molecule has 0 unspecified atom stereocenters. The molecule has 29 heavy (non-hydrogen) atoms. The van der Waals surface area contributed by atoms with E-state index in [4.69, 9.17) is 0 Å². The van der Waals surface area contributed by atoms with Crippen molar-refractivity contribution in [3.05, 3.63) is 78.6 Å². The predicted molar refractivity (Wildman–Crippen MR) is 104 cm³/mol. The first kappa shape index (κ1) is 20.4. The van der Waals surface area contributed by atoms with E-state index in [1.165, 1.54) is 12.1 Å². The third kappa shape index (κ3) is 6.34. The standard InChI is InChI=1S/C22H19F3N2O2/c23-22(24,25)29-20-8-2-1-7-19(20)17-12-10-16(11-13-17)5-3-9-21(28)27-18-6-4-14-26-15-18/h1-2,4,6-8,10-15H,3,5,9H2,(H,27,28). The number of nitrogens with one attached hydrogen (secondary N) is 1. The minimum atomic E-state index is -4.74. The number of aryl methyl sites for hydroxylation is 1. The van der Waals surface area contributed by atoms with Gasteiger partial charge in [0.05, 0.1) is 11.9 Å². The number of para-hydroxylation sites is 1. The Hall–Kier alpha value is -3.35. The van der Waals surface area contributed by atoms with Gasteiger partial charge in [0.1, 0.15) is 5.75 Å². The Morgan fingerprint density at radius 2 is 1.76 bits per heavy atom. The number of carbonyl (C=O) groups is 1. The van der Waals surface area contributed by atoms with E-state index in [0.29, 0.717) is 36.1 Å². The van der Waals surface area contributed by atoms with Crippen LogP contribution in [0.3, 0.4) is 0 Å².